The Bertz CT molecular complexity index is 1060. The van der Waals surface area contributed by atoms with Crippen LogP contribution in [-0.4, -0.2) is 30.9 Å². The summed E-state index contributed by atoms with van der Waals surface area (Å²) < 4.78 is 1.67. The van der Waals surface area contributed by atoms with Crippen molar-refractivity contribution in [2.75, 3.05) is 0 Å². The number of aromatic amines is 1. The van der Waals surface area contributed by atoms with Crippen LogP contribution < -0.4 is 5.32 Å². The fraction of sp³-hybridized carbons (Fsp3) is 0.0526. The molecule has 134 valence electrons. The van der Waals surface area contributed by atoms with Gasteiger partial charge in [0.2, 0.25) is 0 Å². The fourth-order valence-corrected chi connectivity index (χ4v) is 2.76. The van der Waals surface area contributed by atoms with E-state index in [1.54, 1.807) is 35.3 Å². The largest absolute Gasteiger partial charge is 0.347 e. The van der Waals surface area contributed by atoms with Crippen molar-refractivity contribution < 1.29 is 4.79 Å². The van der Waals surface area contributed by atoms with Crippen LogP contribution in [0.2, 0.25) is 5.02 Å². The Kier molecular flexibility index (Phi) is 4.67. The van der Waals surface area contributed by atoms with E-state index in [1.807, 2.05) is 36.5 Å². The second-order valence-corrected chi connectivity index (χ2v) is 6.27. The molecule has 4 rings (SSSR count). The SMILES string of the molecule is O=C(NCc1ccc(-n2cccn2)nc1)c1cc(-c2cccc(Cl)c2)n[nH]1. The third kappa shape index (κ3) is 3.88. The van der Waals surface area contributed by atoms with E-state index in [0.717, 1.165) is 16.9 Å². The van der Waals surface area contributed by atoms with Crippen molar-refractivity contribution in [2.45, 2.75) is 6.54 Å². The number of nitrogens with zero attached hydrogens (tertiary/aromatic N) is 4. The van der Waals surface area contributed by atoms with Gasteiger partial charge < -0.3 is 5.32 Å². The quantitative estimate of drug-likeness (QED) is 0.558. The molecule has 0 atom stereocenters. The highest BCUT2D eigenvalue weighted by Crippen LogP contribution is 2.21. The normalized spacial score (nSPS) is 10.7. The smallest absolute Gasteiger partial charge is 0.269 e. The molecule has 0 aliphatic rings. The van der Waals surface area contributed by atoms with Gasteiger partial charge in [-0.3, -0.25) is 9.89 Å². The zero-order valence-electron chi connectivity index (χ0n) is 14.1. The summed E-state index contributed by atoms with van der Waals surface area (Å²) in [4.78, 5) is 16.7. The highest BCUT2D eigenvalue weighted by Gasteiger charge is 2.11. The van der Waals surface area contributed by atoms with Gasteiger partial charge in [-0.25, -0.2) is 9.67 Å². The molecule has 3 aromatic heterocycles. The maximum atomic E-state index is 12.3. The maximum Gasteiger partial charge on any atom is 0.269 e. The minimum Gasteiger partial charge on any atom is -0.347 e. The van der Waals surface area contributed by atoms with Crippen LogP contribution in [-0.2, 0) is 6.54 Å². The summed E-state index contributed by atoms with van der Waals surface area (Å²) in [6.07, 6.45) is 5.22. The van der Waals surface area contributed by atoms with Crippen LogP contribution >= 0.6 is 11.6 Å². The van der Waals surface area contributed by atoms with Crippen molar-refractivity contribution in [3.63, 3.8) is 0 Å². The molecule has 0 spiro atoms. The van der Waals surface area contributed by atoms with Crippen LogP contribution in [0.1, 0.15) is 16.1 Å². The van der Waals surface area contributed by atoms with Gasteiger partial charge in [0, 0.05) is 35.7 Å². The molecule has 0 aliphatic heterocycles. The number of hydrogen-bond donors (Lipinski definition) is 2. The Labute approximate surface area is 160 Å². The number of amides is 1. The number of hydrogen-bond acceptors (Lipinski definition) is 4. The molecule has 0 radical (unpaired) electrons. The molecule has 3 heterocycles. The van der Waals surface area contributed by atoms with Gasteiger partial charge in [-0.05, 0) is 35.9 Å². The summed E-state index contributed by atoms with van der Waals surface area (Å²) in [5.74, 6) is 0.474. The van der Waals surface area contributed by atoms with Crippen LogP contribution in [0, 0.1) is 0 Å². The Balaban J connectivity index is 1.40. The van der Waals surface area contributed by atoms with E-state index in [9.17, 15) is 4.79 Å². The highest BCUT2D eigenvalue weighted by atomic mass is 35.5. The summed E-state index contributed by atoms with van der Waals surface area (Å²) >= 11 is 6.00. The van der Waals surface area contributed by atoms with E-state index in [0.29, 0.717) is 23.0 Å². The van der Waals surface area contributed by atoms with Gasteiger partial charge in [-0.1, -0.05) is 29.8 Å². The van der Waals surface area contributed by atoms with E-state index < -0.39 is 0 Å². The van der Waals surface area contributed by atoms with Crippen molar-refractivity contribution in [1.82, 2.24) is 30.3 Å². The molecular formula is C19H15ClN6O. The Morgan fingerprint density at radius 3 is 2.85 bits per heavy atom. The number of pyridine rings is 1. The molecular weight excluding hydrogens is 364 g/mol. The van der Waals surface area contributed by atoms with Crippen LogP contribution in [0.4, 0.5) is 0 Å². The van der Waals surface area contributed by atoms with Crippen molar-refractivity contribution in [1.29, 1.82) is 0 Å². The highest BCUT2D eigenvalue weighted by molar-refractivity contribution is 6.30. The predicted octanol–water partition coefficient (Wildman–Crippen LogP) is 3.24. The third-order valence-electron chi connectivity index (χ3n) is 3.94. The lowest BCUT2D eigenvalue weighted by atomic mass is 10.1. The van der Waals surface area contributed by atoms with E-state index in [1.165, 1.54) is 0 Å². The van der Waals surface area contributed by atoms with Crippen molar-refractivity contribution in [2.24, 2.45) is 0 Å². The molecule has 0 aliphatic carbocycles. The zero-order chi connectivity index (χ0) is 18.6. The first kappa shape index (κ1) is 17.0. The third-order valence-corrected chi connectivity index (χ3v) is 4.18. The van der Waals surface area contributed by atoms with E-state index >= 15 is 0 Å². The zero-order valence-corrected chi connectivity index (χ0v) is 14.9. The number of rotatable bonds is 5. The maximum absolute atomic E-state index is 12.3. The summed E-state index contributed by atoms with van der Waals surface area (Å²) in [7, 11) is 0. The number of H-pyrrole nitrogens is 1. The monoisotopic (exact) mass is 378 g/mol. The molecule has 7 nitrogen and oxygen atoms in total. The average molecular weight is 379 g/mol. The van der Waals surface area contributed by atoms with Gasteiger partial charge in [0.1, 0.15) is 5.69 Å². The van der Waals surface area contributed by atoms with Crippen LogP contribution in [0.25, 0.3) is 17.1 Å². The predicted molar refractivity (Wildman–Crippen MR) is 102 cm³/mol. The van der Waals surface area contributed by atoms with Crippen LogP contribution in [0.5, 0.6) is 0 Å². The molecule has 0 saturated heterocycles. The number of halogens is 1. The Hall–Kier alpha value is -3.45. The van der Waals surface area contributed by atoms with Crippen molar-refractivity contribution in [3.05, 3.63) is 83.4 Å². The van der Waals surface area contributed by atoms with E-state index in [4.69, 9.17) is 11.6 Å². The van der Waals surface area contributed by atoms with Gasteiger partial charge in [0.25, 0.3) is 5.91 Å². The lowest BCUT2D eigenvalue weighted by molar-refractivity contribution is 0.0946. The van der Waals surface area contributed by atoms with Crippen molar-refractivity contribution >= 4 is 17.5 Å². The molecule has 0 unspecified atom stereocenters. The molecule has 0 fully saturated rings. The lowest BCUT2D eigenvalue weighted by Crippen LogP contribution is -2.23. The van der Waals surface area contributed by atoms with Gasteiger partial charge >= 0.3 is 0 Å². The van der Waals surface area contributed by atoms with Gasteiger partial charge in [0.15, 0.2) is 5.82 Å². The minimum absolute atomic E-state index is 0.244. The first-order chi connectivity index (χ1) is 13.2. The summed E-state index contributed by atoms with van der Waals surface area (Å²) in [6.45, 7) is 0.358. The second-order valence-electron chi connectivity index (χ2n) is 5.84. The number of carbonyl (C=O) groups is 1. The average Bonchev–Trinajstić information content (AvgIpc) is 3.38. The fourth-order valence-electron chi connectivity index (χ4n) is 2.57. The first-order valence-corrected chi connectivity index (χ1v) is 8.61. The Morgan fingerprint density at radius 2 is 2.11 bits per heavy atom. The molecule has 4 aromatic rings. The molecule has 1 amide bonds. The summed E-state index contributed by atoms with van der Waals surface area (Å²) in [6, 6.07) is 14.6. The van der Waals surface area contributed by atoms with Crippen LogP contribution in [0.3, 0.4) is 0 Å². The van der Waals surface area contributed by atoms with Crippen molar-refractivity contribution in [3.8, 4) is 17.1 Å². The molecule has 0 saturated carbocycles. The summed E-state index contributed by atoms with van der Waals surface area (Å²) in [5.41, 5.74) is 2.77. The van der Waals surface area contributed by atoms with Gasteiger partial charge in [-0.15, -0.1) is 0 Å². The first-order valence-electron chi connectivity index (χ1n) is 8.23. The Morgan fingerprint density at radius 1 is 1.19 bits per heavy atom. The topological polar surface area (TPSA) is 88.5 Å². The molecule has 0 bridgehead atoms. The van der Waals surface area contributed by atoms with Gasteiger partial charge in [-0.2, -0.15) is 10.2 Å². The number of nitrogens with one attached hydrogen (secondary N) is 2. The molecule has 1 aromatic carbocycles. The lowest BCUT2D eigenvalue weighted by Gasteiger charge is -2.05. The summed E-state index contributed by atoms with van der Waals surface area (Å²) in [5, 5.41) is 14.5. The number of aromatic nitrogens is 5. The number of benzene rings is 1. The minimum atomic E-state index is -0.244. The van der Waals surface area contributed by atoms with E-state index in [-0.39, 0.29) is 5.91 Å². The van der Waals surface area contributed by atoms with E-state index in [2.05, 4.69) is 25.6 Å². The molecule has 2 N–H and O–H groups in total. The van der Waals surface area contributed by atoms with Gasteiger partial charge in [0.05, 0.1) is 5.69 Å². The standard InChI is InChI=1S/C19H15ClN6O/c20-15-4-1-3-14(9-15)16-10-17(25-24-16)19(27)22-12-13-5-6-18(21-11-13)26-8-2-7-23-26/h1-11H,12H2,(H,22,27)(H,24,25). The second kappa shape index (κ2) is 7.43. The molecule has 8 heteroatoms. The molecule has 27 heavy (non-hydrogen) atoms. The van der Waals surface area contributed by atoms with Crippen LogP contribution in [0.15, 0.2) is 67.1 Å². The number of carbonyl (C=O) groups excluding carboxylic acids is 1.